The lowest BCUT2D eigenvalue weighted by atomic mass is 9.99. The summed E-state index contributed by atoms with van der Waals surface area (Å²) in [6.45, 7) is 0. The summed E-state index contributed by atoms with van der Waals surface area (Å²) in [4.78, 5) is 20.1. The Kier molecular flexibility index (Phi) is 5.72. The van der Waals surface area contributed by atoms with E-state index in [-0.39, 0.29) is 17.0 Å². The highest BCUT2D eigenvalue weighted by Crippen LogP contribution is 2.32. The van der Waals surface area contributed by atoms with Crippen molar-refractivity contribution in [2.24, 2.45) is 0 Å². The van der Waals surface area contributed by atoms with E-state index in [0.717, 1.165) is 37.8 Å². The van der Waals surface area contributed by atoms with E-state index in [1.807, 2.05) is 66.9 Å². The molecule has 176 valence electrons. The number of hydrogen-bond donors (Lipinski definition) is 1. The molecule has 0 bridgehead atoms. The Hall–Kier alpha value is -4.80. The zero-order valence-corrected chi connectivity index (χ0v) is 21.0. The SMILES string of the molecule is N#CC(=Cc1cn(-c2ccccc2)nc1-c1cccc2ccccc12)c1nc2ccc(Br)cc2c(=O)[nH]1. The fourth-order valence-corrected chi connectivity index (χ4v) is 4.76. The highest BCUT2D eigenvalue weighted by Gasteiger charge is 2.16. The van der Waals surface area contributed by atoms with Gasteiger partial charge < -0.3 is 4.98 Å². The molecule has 37 heavy (non-hydrogen) atoms. The molecule has 0 saturated carbocycles. The molecular weight excluding hydrogens is 526 g/mol. The van der Waals surface area contributed by atoms with Gasteiger partial charge >= 0.3 is 0 Å². The molecule has 0 radical (unpaired) electrons. The van der Waals surface area contributed by atoms with Gasteiger partial charge in [0, 0.05) is 21.8 Å². The average molecular weight is 544 g/mol. The molecule has 0 aliphatic carbocycles. The summed E-state index contributed by atoms with van der Waals surface area (Å²) in [5.41, 5.74) is 3.73. The maximum atomic E-state index is 12.8. The van der Waals surface area contributed by atoms with E-state index < -0.39 is 0 Å². The Morgan fingerprint density at radius 1 is 0.946 bits per heavy atom. The summed E-state index contributed by atoms with van der Waals surface area (Å²) in [6.07, 6.45) is 3.62. The standard InChI is InChI=1S/C30H18BrN5O/c31-22-13-14-27-26(16-22)30(37)34-29(33-27)20(17-32)15-21-18-36(23-9-2-1-3-10-23)35-28(21)25-12-6-8-19-7-4-5-11-24(19)25/h1-16,18H,(H,33,34,37). The van der Waals surface area contributed by atoms with Crippen LogP contribution in [-0.4, -0.2) is 19.7 Å². The van der Waals surface area contributed by atoms with Crippen molar-refractivity contribution in [3.05, 3.63) is 123 Å². The lowest BCUT2D eigenvalue weighted by molar-refractivity contribution is 0.884. The Morgan fingerprint density at radius 3 is 2.57 bits per heavy atom. The van der Waals surface area contributed by atoms with Gasteiger partial charge in [0.05, 0.1) is 22.2 Å². The molecule has 1 N–H and O–H groups in total. The first-order chi connectivity index (χ1) is 18.1. The summed E-state index contributed by atoms with van der Waals surface area (Å²) in [5.74, 6) is 0.207. The molecule has 0 atom stereocenters. The molecular formula is C30H18BrN5O. The number of nitrogens with one attached hydrogen (secondary N) is 1. The maximum absolute atomic E-state index is 12.8. The van der Waals surface area contributed by atoms with Crippen molar-refractivity contribution in [2.75, 3.05) is 0 Å². The third-order valence-electron chi connectivity index (χ3n) is 6.15. The molecule has 0 aliphatic heterocycles. The van der Waals surface area contributed by atoms with Crippen LogP contribution in [0.2, 0.25) is 0 Å². The monoisotopic (exact) mass is 543 g/mol. The Bertz CT molecular complexity index is 1920. The van der Waals surface area contributed by atoms with E-state index in [1.165, 1.54) is 0 Å². The molecule has 2 heterocycles. The van der Waals surface area contributed by atoms with Gasteiger partial charge in [-0.05, 0) is 47.2 Å². The minimum Gasteiger partial charge on any atom is -0.305 e. The summed E-state index contributed by atoms with van der Waals surface area (Å²) in [6, 6.07) is 31.5. The van der Waals surface area contributed by atoms with Crippen LogP contribution in [0.5, 0.6) is 0 Å². The Labute approximate surface area is 220 Å². The molecule has 0 spiro atoms. The number of hydrogen-bond acceptors (Lipinski definition) is 4. The van der Waals surface area contributed by atoms with Crippen LogP contribution in [-0.2, 0) is 0 Å². The van der Waals surface area contributed by atoms with Gasteiger partial charge in [0.1, 0.15) is 11.8 Å². The van der Waals surface area contributed by atoms with E-state index in [2.05, 4.69) is 50.2 Å². The van der Waals surface area contributed by atoms with Crippen LogP contribution in [0, 0.1) is 11.3 Å². The van der Waals surface area contributed by atoms with E-state index >= 15 is 0 Å². The zero-order chi connectivity index (χ0) is 25.4. The summed E-state index contributed by atoms with van der Waals surface area (Å²) in [5, 5.41) is 17.6. The number of H-pyrrole nitrogens is 1. The topological polar surface area (TPSA) is 87.4 Å². The van der Waals surface area contributed by atoms with Crippen molar-refractivity contribution in [3.63, 3.8) is 0 Å². The van der Waals surface area contributed by atoms with Crippen LogP contribution in [0.4, 0.5) is 0 Å². The molecule has 6 nitrogen and oxygen atoms in total. The number of aromatic amines is 1. The largest absolute Gasteiger partial charge is 0.305 e. The number of para-hydroxylation sites is 1. The normalized spacial score (nSPS) is 11.6. The predicted octanol–water partition coefficient (Wildman–Crippen LogP) is 6.76. The summed E-state index contributed by atoms with van der Waals surface area (Å²) in [7, 11) is 0. The second kappa shape index (κ2) is 9.34. The highest BCUT2D eigenvalue weighted by atomic mass is 79.9. The van der Waals surface area contributed by atoms with Crippen molar-refractivity contribution >= 4 is 49.3 Å². The molecule has 0 fully saturated rings. The number of nitrogens with zero attached hydrogens (tertiary/aromatic N) is 4. The van der Waals surface area contributed by atoms with Crippen molar-refractivity contribution in [3.8, 4) is 23.0 Å². The Morgan fingerprint density at radius 2 is 1.73 bits per heavy atom. The average Bonchev–Trinajstić information content (AvgIpc) is 3.36. The van der Waals surface area contributed by atoms with E-state index in [9.17, 15) is 10.1 Å². The second-order valence-electron chi connectivity index (χ2n) is 8.49. The molecule has 4 aromatic carbocycles. The molecule has 0 unspecified atom stereocenters. The van der Waals surface area contributed by atoms with Crippen molar-refractivity contribution in [1.82, 2.24) is 19.7 Å². The fourth-order valence-electron chi connectivity index (χ4n) is 4.39. The van der Waals surface area contributed by atoms with Crippen LogP contribution in [0.1, 0.15) is 11.4 Å². The van der Waals surface area contributed by atoms with E-state index in [1.54, 1.807) is 22.9 Å². The molecule has 0 saturated heterocycles. The first kappa shape index (κ1) is 22.7. The third kappa shape index (κ3) is 4.24. The van der Waals surface area contributed by atoms with Crippen molar-refractivity contribution < 1.29 is 0 Å². The van der Waals surface area contributed by atoms with Gasteiger partial charge in [-0.25, -0.2) is 9.67 Å². The van der Waals surface area contributed by atoms with Gasteiger partial charge in [-0.1, -0.05) is 76.6 Å². The van der Waals surface area contributed by atoms with Crippen molar-refractivity contribution in [2.45, 2.75) is 0 Å². The van der Waals surface area contributed by atoms with Crippen molar-refractivity contribution in [1.29, 1.82) is 5.26 Å². The van der Waals surface area contributed by atoms with E-state index in [0.29, 0.717) is 10.9 Å². The number of aromatic nitrogens is 4. The first-order valence-corrected chi connectivity index (χ1v) is 12.3. The maximum Gasteiger partial charge on any atom is 0.259 e. The van der Waals surface area contributed by atoms with Crippen LogP contribution in [0.3, 0.4) is 0 Å². The molecule has 6 rings (SSSR count). The predicted molar refractivity (Wildman–Crippen MR) is 150 cm³/mol. The van der Waals surface area contributed by atoms with Gasteiger partial charge in [0.25, 0.3) is 5.56 Å². The molecule has 0 aliphatic rings. The lowest BCUT2D eigenvalue weighted by Crippen LogP contribution is -2.11. The quantitative estimate of drug-likeness (QED) is 0.249. The van der Waals surface area contributed by atoms with Gasteiger partial charge in [-0.3, -0.25) is 4.79 Å². The summed E-state index contributed by atoms with van der Waals surface area (Å²) < 4.78 is 2.58. The fraction of sp³-hybridized carbons (Fsp3) is 0. The smallest absolute Gasteiger partial charge is 0.259 e. The molecule has 6 aromatic rings. The zero-order valence-electron chi connectivity index (χ0n) is 19.4. The van der Waals surface area contributed by atoms with E-state index in [4.69, 9.17) is 5.10 Å². The van der Waals surface area contributed by atoms with Gasteiger partial charge in [-0.15, -0.1) is 0 Å². The van der Waals surface area contributed by atoms with Crippen LogP contribution >= 0.6 is 15.9 Å². The lowest BCUT2D eigenvalue weighted by Gasteiger charge is -2.06. The van der Waals surface area contributed by atoms with Gasteiger partial charge in [0.2, 0.25) is 0 Å². The van der Waals surface area contributed by atoms with Gasteiger partial charge in [0.15, 0.2) is 5.82 Å². The number of fused-ring (bicyclic) bond motifs is 2. The van der Waals surface area contributed by atoms with Crippen LogP contribution in [0.15, 0.2) is 106 Å². The van der Waals surface area contributed by atoms with Crippen LogP contribution < -0.4 is 5.56 Å². The van der Waals surface area contributed by atoms with Gasteiger partial charge in [-0.2, -0.15) is 10.4 Å². The van der Waals surface area contributed by atoms with Crippen LogP contribution in [0.25, 0.3) is 50.3 Å². The number of benzene rings is 4. The molecule has 2 aromatic heterocycles. The highest BCUT2D eigenvalue weighted by molar-refractivity contribution is 9.10. The number of halogens is 1. The Balaban J connectivity index is 1.57. The number of rotatable bonds is 4. The second-order valence-corrected chi connectivity index (χ2v) is 9.40. The summed E-state index contributed by atoms with van der Waals surface area (Å²) >= 11 is 3.39. The first-order valence-electron chi connectivity index (χ1n) is 11.6. The third-order valence-corrected chi connectivity index (χ3v) is 6.64. The number of allylic oxidation sites excluding steroid dienone is 1. The molecule has 0 amide bonds. The minimum absolute atomic E-state index is 0.207. The molecule has 7 heteroatoms. The number of nitriles is 1. The minimum atomic E-state index is -0.309.